The number of aromatic amines is 1. The number of nitrogens with zero attached hydrogens (tertiary/aromatic N) is 4. The van der Waals surface area contributed by atoms with Gasteiger partial charge in [-0.2, -0.15) is 5.10 Å². The summed E-state index contributed by atoms with van der Waals surface area (Å²) in [7, 11) is 3.30. The third kappa shape index (κ3) is 2.96. The fourth-order valence-corrected chi connectivity index (χ4v) is 5.13. The highest BCUT2D eigenvalue weighted by molar-refractivity contribution is 7.22. The second-order valence-electron chi connectivity index (χ2n) is 7.09. The molecule has 5 aromatic rings. The molecular weight excluding hydrogens is 438 g/mol. The average Bonchev–Trinajstić information content (AvgIpc) is 3.32. The normalized spacial score (nSPS) is 11.5. The molecule has 0 aliphatic rings. The predicted molar refractivity (Wildman–Crippen MR) is 122 cm³/mol. The molecule has 0 amide bonds. The fraction of sp³-hybridized carbons (Fsp3) is 0.143. The van der Waals surface area contributed by atoms with Crippen LogP contribution in [0.15, 0.2) is 46.4 Å². The SMILES string of the molecule is COc1cc(-c2cc3[nH]c(=O)n(-c4cncc5cnn(C)c45)c(=O)c3s2)c(C)cc1Cl. The van der Waals surface area contributed by atoms with Crippen LogP contribution in [0.4, 0.5) is 0 Å². The van der Waals surface area contributed by atoms with Crippen molar-refractivity contribution >= 4 is 44.1 Å². The van der Waals surface area contributed by atoms with Crippen molar-refractivity contribution in [3.8, 4) is 21.9 Å². The van der Waals surface area contributed by atoms with Gasteiger partial charge in [0.2, 0.25) is 0 Å². The van der Waals surface area contributed by atoms with Crippen LogP contribution in [-0.4, -0.2) is 31.4 Å². The van der Waals surface area contributed by atoms with E-state index in [9.17, 15) is 9.59 Å². The van der Waals surface area contributed by atoms with Crippen molar-refractivity contribution in [1.29, 1.82) is 0 Å². The van der Waals surface area contributed by atoms with E-state index in [-0.39, 0.29) is 0 Å². The summed E-state index contributed by atoms with van der Waals surface area (Å²) >= 11 is 7.52. The summed E-state index contributed by atoms with van der Waals surface area (Å²) in [6, 6.07) is 5.45. The van der Waals surface area contributed by atoms with Crippen LogP contribution in [-0.2, 0) is 7.05 Å². The van der Waals surface area contributed by atoms with Crippen LogP contribution in [0.3, 0.4) is 0 Å². The van der Waals surface area contributed by atoms with Gasteiger partial charge < -0.3 is 9.72 Å². The smallest absolute Gasteiger partial charge is 0.333 e. The molecule has 4 heterocycles. The number of halogens is 1. The Labute approximate surface area is 184 Å². The lowest BCUT2D eigenvalue weighted by Gasteiger charge is -2.08. The molecule has 5 rings (SSSR count). The van der Waals surface area contributed by atoms with E-state index in [1.54, 1.807) is 37.3 Å². The van der Waals surface area contributed by atoms with E-state index in [1.165, 1.54) is 17.5 Å². The molecule has 4 aromatic heterocycles. The van der Waals surface area contributed by atoms with Gasteiger partial charge in [0, 0.05) is 23.5 Å². The minimum Gasteiger partial charge on any atom is -0.495 e. The van der Waals surface area contributed by atoms with Gasteiger partial charge in [-0.3, -0.25) is 14.5 Å². The monoisotopic (exact) mass is 453 g/mol. The molecule has 1 aromatic carbocycles. The molecule has 0 unspecified atom stereocenters. The molecule has 0 aliphatic carbocycles. The van der Waals surface area contributed by atoms with Crippen LogP contribution < -0.4 is 16.0 Å². The van der Waals surface area contributed by atoms with Gasteiger partial charge in [-0.05, 0) is 36.2 Å². The Bertz CT molecular complexity index is 1610. The van der Waals surface area contributed by atoms with E-state index >= 15 is 0 Å². The first-order valence-electron chi connectivity index (χ1n) is 9.28. The number of pyridine rings is 1. The number of aryl methyl sites for hydroxylation is 2. The summed E-state index contributed by atoms with van der Waals surface area (Å²) in [6.45, 7) is 1.93. The van der Waals surface area contributed by atoms with Crippen molar-refractivity contribution in [3.63, 3.8) is 0 Å². The van der Waals surface area contributed by atoms with Gasteiger partial charge in [-0.25, -0.2) is 9.36 Å². The zero-order chi connectivity index (χ0) is 21.9. The minimum atomic E-state index is -0.539. The summed E-state index contributed by atoms with van der Waals surface area (Å²) in [5.41, 5.74) is 2.37. The molecule has 0 bridgehead atoms. The molecule has 0 radical (unpaired) electrons. The number of aromatic nitrogens is 5. The highest BCUT2D eigenvalue weighted by Crippen LogP contribution is 2.38. The van der Waals surface area contributed by atoms with E-state index in [1.807, 2.05) is 19.1 Å². The van der Waals surface area contributed by atoms with Crippen molar-refractivity contribution in [3.05, 3.63) is 68.2 Å². The second-order valence-corrected chi connectivity index (χ2v) is 8.55. The lowest BCUT2D eigenvalue weighted by molar-refractivity contribution is 0.415. The van der Waals surface area contributed by atoms with Crippen LogP contribution in [0.1, 0.15) is 5.56 Å². The third-order valence-electron chi connectivity index (χ3n) is 5.20. The zero-order valence-corrected chi connectivity index (χ0v) is 18.3. The first-order valence-corrected chi connectivity index (χ1v) is 10.5. The Morgan fingerprint density at radius 3 is 2.74 bits per heavy atom. The minimum absolute atomic E-state index is 0.380. The Kier molecular flexibility index (Phi) is 4.45. The summed E-state index contributed by atoms with van der Waals surface area (Å²) in [4.78, 5) is 34.1. The van der Waals surface area contributed by atoms with Crippen LogP contribution in [0, 0.1) is 6.92 Å². The molecule has 0 saturated heterocycles. The fourth-order valence-electron chi connectivity index (χ4n) is 3.71. The summed E-state index contributed by atoms with van der Waals surface area (Å²) < 4.78 is 8.49. The summed E-state index contributed by atoms with van der Waals surface area (Å²) in [6.07, 6.45) is 4.78. The van der Waals surface area contributed by atoms with Gasteiger partial charge in [-0.1, -0.05) is 11.6 Å². The number of methoxy groups -OCH3 is 1. The molecule has 8 nitrogen and oxygen atoms in total. The Morgan fingerprint density at radius 2 is 1.97 bits per heavy atom. The van der Waals surface area contributed by atoms with E-state index in [2.05, 4.69) is 15.1 Å². The number of nitrogens with one attached hydrogen (secondary N) is 1. The molecule has 1 N–H and O–H groups in total. The van der Waals surface area contributed by atoms with Crippen LogP contribution in [0.5, 0.6) is 5.75 Å². The zero-order valence-electron chi connectivity index (χ0n) is 16.8. The van der Waals surface area contributed by atoms with Crippen LogP contribution in [0.25, 0.3) is 37.2 Å². The summed E-state index contributed by atoms with van der Waals surface area (Å²) in [5, 5.41) is 5.46. The van der Waals surface area contributed by atoms with Crippen molar-refractivity contribution < 1.29 is 4.74 Å². The maximum atomic E-state index is 13.4. The van der Waals surface area contributed by atoms with Crippen molar-refractivity contribution in [2.75, 3.05) is 7.11 Å². The Morgan fingerprint density at radius 1 is 1.16 bits per heavy atom. The molecule has 31 heavy (non-hydrogen) atoms. The summed E-state index contributed by atoms with van der Waals surface area (Å²) in [5.74, 6) is 0.541. The lowest BCUT2D eigenvalue weighted by atomic mass is 10.1. The lowest BCUT2D eigenvalue weighted by Crippen LogP contribution is -2.33. The van der Waals surface area contributed by atoms with Crippen molar-refractivity contribution in [2.24, 2.45) is 7.05 Å². The van der Waals surface area contributed by atoms with E-state index in [0.29, 0.717) is 32.2 Å². The first-order chi connectivity index (χ1) is 14.9. The van der Waals surface area contributed by atoms with Gasteiger partial charge in [0.15, 0.2) is 0 Å². The maximum absolute atomic E-state index is 13.4. The standard InChI is InChI=1S/C21H16ClN5O3S/c1-10-4-13(22)16(30-3)5-12(10)17-6-14-19(31-17)20(28)27(21(29)25-14)15-9-23-7-11-8-24-26(2)18(11)15/h4-9H,1-3H3,(H,25,29). The number of hydrogen-bond donors (Lipinski definition) is 1. The van der Waals surface area contributed by atoms with Crippen molar-refractivity contribution in [2.45, 2.75) is 6.92 Å². The van der Waals surface area contributed by atoms with Gasteiger partial charge in [0.1, 0.15) is 10.4 Å². The molecule has 0 spiro atoms. The number of fused-ring (bicyclic) bond motifs is 2. The average molecular weight is 454 g/mol. The highest BCUT2D eigenvalue weighted by Gasteiger charge is 2.18. The van der Waals surface area contributed by atoms with Gasteiger partial charge in [0.25, 0.3) is 5.56 Å². The topological polar surface area (TPSA) is 94.8 Å². The van der Waals surface area contributed by atoms with Crippen LogP contribution >= 0.6 is 22.9 Å². The van der Waals surface area contributed by atoms with E-state index in [0.717, 1.165) is 26.0 Å². The Hall–Kier alpha value is -3.43. The van der Waals surface area contributed by atoms with E-state index in [4.69, 9.17) is 16.3 Å². The maximum Gasteiger partial charge on any atom is 0.333 e. The predicted octanol–water partition coefficient (Wildman–Crippen LogP) is 3.66. The third-order valence-corrected chi connectivity index (χ3v) is 6.65. The molecule has 0 aliphatic heterocycles. The second kappa shape index (κ2) is 7.07. The van der Waals surface area contributed by atoms with Crippen molar-refractivity contribution in [1.82, 2.24) is 24.3 Å². The molecule has 0 atom stereocenters. The number of rotatable bonds is 3. The number of thiophene rings is 1. The number of H-pyrrole nitrogens is 1. The molecule has 0 saturated carbocycles. The van der Waals surface area contributed by atoms with Gasteiger partial charge >= 0.3 is 5.69 Å². The molecule has 156 valence electrons. The highest BCUT2D eigenvalue weighted by atomic mass is 35.5. The largest absolute Gasteiger partial charge is 0.495 e. The first kappa shape index (κ1) is 19.5. The Balaban J connectivity index is 1.78. The van der Waals surface area contributed by atoms with E-state index < -0.39 is 11.2 Å². The van der Waals surface area contributed by atoms with Crippen LogP contribution in [0.2, 0.25) is 5.02 Å². The van der Waals surface area contributed by atoms with Gasteiger partial charge in [-0.15, -0.1) is 11.3 Å². The molecular formula is C21H16ClN5O3S. The number of ether oxygens (including phenoxy) is 1. The molecule has 0 fully saturated rings. The number of benzene rings is 1. The molecule has 10 heteroatoms. The van der Waals surface area contributed by atoms with Gasteiger partial charge in [0.05, 0.1) is 41.2 Å². The quantitative estimate of drug-likeness (QED) is 0.450. The number of hydrogen-bond acceptors (Lipinski definition) is 6.